The maximum Gasteiger partial charge on any atom is 0.227 e. The third-order valence-corrected chi connectivity index (χ3v) is 3.75. The predicted octanol–water partition coefficient (Wildman–Crippen LogP) is 2.87. The van der Waals surface area contributed by atoms with Crippen molar-refractivity contribution in [2.24, 2.45) is 4.99 Å². The highest BCUT2D eigenvalue weighted by molar-refractivity contribution is 6.33. The largest absolute Gasteiger partial charge is 0.435 e. The van der Waals surface area contributed by atoms with Gasteiger partial charge in [0.25, 0.3) is 0 Å². The van der Waals surface area contributed by atoms with Crippen molar-refractivity contribution in [3.05, 3.63) is 59.5 Å². The van der Waals surface area contributed by atoms with Gasteiger partial charge in [-0.3, -0.25) is 4.98 Å². The first kappa shape index (κ1) is 13.9. The third-order valence-electron chi connectivity index (χ3n) is 3.42. The number of halogens is 1. The number of rotatable bonds is 3. The van der Waals surface area contributed by atoms with Crippen LogP contribution in [-0.2, 0) is 0 Å². The van der Waals surface area contributed by atoms with Crippen LogP contribution in [0.1, 0.15) is 5.69 Å². The van der Waals surface area contributed by atoms with E-state index in [2.05, 4.69) is 25.8 Å². The van der Waals surface area contributed by atoms with E-state index in [0.717, 1.165) is 11.1 Å². The molecule has 1 aliphatic rings. The van der Waals surface area contributed by atoms with Gasteiger partial charge in [0, 0.05) is 23.5 Å². The van der Waals surface area contributed by atoms with Crippen molar-refractivity contribution in [3.8, 4) is 22.8 Å². The number of oxazole rings is 1. The topological polar surface area (TPSA) is 75.3 Å². The maximum absolute atomic E-state index is 6.32. The van der Waals surface area contributed by atoms with Crippen LogP contribution in [-0.4, -0.2) is 22.5 Å². The third kappa shape index (κ3) is 2.58. The average Bonchev–Trinajstić information content (AvgIpc) is 3.25. The second-order valence-electron chi connectivity index (χ2n) is 4.88. The number of aromatic nitrogens is 2. The summed E-state index contributed by atoms with van der Waals surface area (Å²) in [5, 5.41) is 0.595. The Morgan fingerprint density at radius 1 is 1.09 bits per heavy atom. The highest BCUT2D eigenvalue weighted by Gasteiger charge is 2.23. The van der Waals surface area contributed by atoms with Gasteiger partial charge in [-0.1, -0.05) is 23.7 Å². The smallest absolute Gasteiger partial charge is 0.227 e. The monoisotopic (exact) mass is 325 g/mol. The van der Waals surface area contributed by atoms with Crippen molar-refractivity contribution in [3.63, 3.8) is 0 Å². The van der Waals surface area contributed by atoms with E-state index in [9.17, 15) is 0 Å². The van der Waals surface area contributed by atoms with E-state index in [1.807, 2.05) is 36.4 Å². The molecule has 0 saturated carbocycles. The zero-order chi connectivity index (χ0) is 15.6. The maximum atomic E-state index is 6.32. The van der Waals surface area contributed by atoms with Crippen LogP contribution in [0.3, 0.4) is 0 Å². The molecule has 0 radical (unpaired) electrons. The minimum atomic E-state index is 0.481. The number of benzene rings is 1. The first-order chi connectivity index (χ1) is 11.3. The molecule has 0 saturated heterocycles. The molecule has 0 aliphatic carbocycles. The Kier molecular flexibility index (Phi) is 3.53. The molecule has 3 heterocycles. The Labute approximate surface area is 137 Å². The van der Waals surface area contributed by atoms with Crippen molar-refractivity contribution in [1.29, 1.82) is 0 Å². The van der Waals surface area contributed by atoms with Crippen molar-refractivity contribution in [2.45, 2.75) is 0 Å². The number of hydrazine groups is 1. The van der Waals surface area contributed by atoms with Crippen LogP contribution in [0.25, 0.3) is 22.8 Å². The molecular weight excluding hydrogens is 314 g/mol. The average molecular weight is 326 g/mol. The summed E-state index contributed by atoms with van der Waals surface area (Å²) in [6, 6.07) is 11.2. The van der Waals surface area contributed by atoms with Gasteiger partial charge < -0.3 is 9.84 Å². The normalized spacial score (nSPS) is 13.7. The summed E-state index contributed by atoms with van der Waals surface area (Å²) >= 11 is 6.32. The standard InChI is InChI=1S/C16H12ClN5O/c17-12-4-2-1-3-11(12)14-13(15-19-9-20-22-15)21-16(23-14)10-5-7-18-8-6-10/h1-8,20H,9H2,(H,19,22). The highest BCUT2D eigenvalue weighted by atomic mass is 35.5. The van der Waals surface area contributed by atoms with Gasteiger partial charge in [0.2, 0.25) is 5.89 Å². The fraction of sp³-hybridized carbons (Fsp3) is 0.0625. The van der Waals surface area contributed by atoms with Gasteiger partial charge in [0.1, 0.15) is 6.67 Å². The lowest BCUT2D eigenvalue weighted by Crippen LogP contribution is -2.30. The van der Waals surface area contributed by atoms with Crippen molar-refractivity contribution in [2.75, 3.05) is 6.67 Å². The van der Waals surface area contributed by atoms with E-state index in [4.69, 9.17) is 16.0 Å². The van der Waals surface area contributed by atoms with E-state index in [1.165, 1.54) is 0 Å². The number of nitrogens with zero attached hydrogens (tertiary/aromatic N) is 3. The van der Waals surface area contributed by atoms with Gasteiger partial charge in [-0.15, -0.1) is 0 Å². The van der Waals surface area contributed by atoms with Crippen LogP contribution in [0.5, 0.6) is 0 Å². The molecule has 23 heavy (non-hydrogen) atoms. The molecule has 6 nitrogen and oxygen atoms in total. The van der Waals surface area contributed by atoms with E-state index in [0.29, 0.717) is 34.9 Å². The summed E-state index contributed by atoms with van der Waals surface area (Å²) in [5.41, 5.74) is 8.16. The SMILES string of the molecule is Clc1ccccc1-c1oc(-c2ccncc2)nc1C1=NCNN1. The predicted molar refractivity (Wildman–Crippen MR) is 87.9 cm³/mol. The molecule has 4 rings (SSSR count). The van der Waals surface area contributed by atoms with Crippen molar-refractivity contribution >= 4 is 17.4 Å². The molecule has 0 bridgehead atoms. The molecule has 2 aromatic heterocycles. The lowest BCUT2D eigenvalue weighted by molar-refractivity contribution is 0.588. The van der Waals surface area contributed by atoms with Crippen LogP contribution in [0.4, 0.5) is 0 Å². The fourth-order valence-corrected chi connectivity index (χ4v) is 2.56. The number of nitrogens with one attached hydrogen (secondary N) is 2. The molecule has 114 valence electrons. The Hall–Kier alpha value is -2.70. The minimum Gasteiger partial charge on any atom is -0.435 e. The summed E-state index contributed by atoms with van der Waals surface area (Å²) in [6.07, 6.45) is 3.39. The summed E-state index contributed by atoms with van der Waals surface area (Å²) in [4.78, 5) is 13.0. The molecule has 7 heteroatoms. The van der Waals surface area contributed by atoms with Gasteiger partial charge in [0.05, 0.1) is 5.02 Å². The van der Waals surface area contributed by atoms with Gasteiger partial charge in [-0.05, 0) is 24.3 Å². The van der Waals surface area contributed by atoms with E-state index in [-0.39, 0.29) is 0 Å². The Morgan fingerprint density at radius 2 is 1.91 bits per heavy atom. The van der Waals surface area contributed by atoms with Gasteiger partial charge in [0.15, 0.2) is 17.3 Å². The van der Waals surface area contributed by atoms with Crippen LogP contribution < -0.4 is 10.9 Å². The van der Waals surface area contributed by atoms with Crippen LogP contribution in [0, 0.1) is 0 Å². The number of hydrogen-bond donors (Lipinski definition) is 2. The van der Waals surface area contributed by atoms with Gasteiger partial charge in [-0.25, -0.2) is 15.4 Å². The Balaban J connectivity index is 1.90. The summed E-state index contributed by atoms with van der Waals surface area (Å²) < 4.78 is 6.01. The first-order valence-corrected chi connectivity index (χ1v) is 7.40. The Morgan fingerprint density at radius 3 is 2.65 bits per heavy atom. The van der Waals surface area contributed by atoms with Gasteiger partial charge in [-0.2, -0.15) is 0 Å². The molecule has 0 fully saturated rings. The zero-order valence-corrected chi connectivity index (χ0v) is 12.7. The van der Waals surface area contributed by atoms with Crippen molar-refractivity contribution < 1.29 is 4.42 Å². The molecule has 2 N–H and O–H groups in total. The van der Waals surface area contributed by atoms with E-state index in [1.54, 1.807) is 12.4 Å². The molecule has 1 aromatic carbocycles. The van der Waals surface area contributed by atoms with Crippen molar-refractivity contribution in [1.82, 2.24) is 20.8 Å². The second-order valence-corrected chi connectivity index (χ2v) is 5.29. The number of amidine groups is 1. The minimum absolute atomic E-state index is 0.481. The lowest BCUT2D eigenvalue weighted by Gasteiger charge is -2.03. The number of pyridine rings is 1. The van der Waals surface area contributed by atoms with Crippen LogP contribution >= 0.6 is 11.6 Å². The first-order valence-electron chi connectivity index (χ1n) is 7.03. The number of hydrogen-bond acceptors (Lipinski definition) is 6. The van der Waals surface area contributed by atoms with E-state index >= 15 is 0 Å². The summed E-state index contributed by atoms with van der Waals surface area (Å²) in [5.74, 6) is 1.70. The van der Waals surface area contributed by atoms with Gasteiger partial charge >= 0.3 is 0 Å². The quantitative estimate of drug-likeness (QED) is 0.774. The van der Waals surface area contributed by atoms with E-state index < -0.39 is 0 Å². The zero-order valence-electron chi connectivity index (χ0n) is 12.0. The molecule has 3 aromatic rings. The fourth-order valence-electron chi connectivity index (χ4n) is 2.34. The molecule has 0 atom stereocenters. The highest BCUT2D eigenvalue weighted by Crippen LogP contribution is 2.34. The molecule has 1 aliphatic heterocycles. The lowest BCUT2D eigenvalue weighted by atomic mass is 10.1. The molecule has 0 amide bonds. The molecular formula is C16H12ClN5O. The second kappa shape index (κ2) is 5.83. The molecule has 0 spiro atoms. The Bertz CT molecular complexity index is 875. The van der Waals surface area contributed by atoms with Crippen LogP contribution in [0.2, 0.25) is 5.02 Å². The number of aliphatic imine (C=N–C) groups is 1. The molecule has 0 unspecified atom stereocenters. The summed E-state index contributed by atoms with van der Waals surface area (Å²) in [7, 11) is 0. The van der Waals surface area contributed by atoms with Crippen LogP contribution in [0.15, 0.2) is 58.2 Å². The summed E-state index contributed by atoms with van der Waals surface area (Å²) in [6.45, 7) is 0.481.